The maximum absolute atomic E-state index is 12.0. The maximum atomic E-state index is 12.0. The Labute approximate surface area is 125 Å². The molecule has 19 heavy (non-hydrogen) atoms. The number of nitrogens with zero attached hydrogens (tertiary/aromatic N) is 1. The van der Waals surface area contributed by atoms with Gasteiger partial charge in [0.15, 0.2) is 0 Å². The van der Waals surface area contributed by atoms with Crippen molar-refractivity contribution in [1.82, 2.24) is 10.3 Å². The number of benzene rings is 1. The van der Waals surface area contributed by atoms with E-state index in [0.29, 0.717) is 10.7 Å². The van der Waals surface area contributed by atoms with Crippen molar-refractivity contribution in [2.24, 2.45) is 0 Å². The van der Waals surface area contributed by atoms with Crippen molar-refractivity contribution >= 4 is 33.4 Å². The van der Waals surface area contributed by atoms with Gasteiger partial charge in [-0.05, 0) is 36.8 Å². The molecule has 1 aromatic heterocycles. The van der Waals surface area contributed by atoms with Crippen molar-refractivity contribution in [2.75, 3.05) is 0 Å². The molecule has 1 aromatic carbocycles. The highest BCUT2D eigenvalue weighted by atomic mass is 79.9. The second-order valence-corrected chi connectivity index (χ2v) is 5.42. The summed E-state index contributed by atoms with van der Waals surface area (Å²) >= 11 is 9.07. The summed E-state index contributed by atoms with van der Waals surface area (Å²) in [5.41, 5.74) is 1.53. The second-order valence-electron chi connectivity index (χ2n) is 4.12. The number of hydrogen-bond donors (Lipinski definition) is 1. The Kier molecular flexibility index (Phi) is 4.56. The molecule has 0 spiro atoms. The first-order valence-corrected chi connectivity index (χ1v) is 6.91. The van der Waals surface area contributed by atoms with Crippen molar-refractivity contribution in [2.45, 2.75) is 13.0 Å². The van der Waals surface area contributed by atoms with Crippen LogP contribution in [-0.2, 0) is 0 Å². The van der Waals surface area contributed by atoms with Crippen molar-refractivity contribution < 1.29 is 4.79 Å². The normalized spacial score (nSPS) is 11.9. The first kappa shape index (κ1) is 14.0. The van der Waals surface area contributed by atoms with Crippen LogP contribution < -0.4 is 5.32 Å². The summed E-state index contributed by atoms with van der Waals surface area (Å²) in [5.74, 6) is -0.167. The van der Waals surface area contributed by atoms with E-state index in [1.165, 1.54) is 6.20 Å². The summed E-state index contributed by atoms with van der Waals surface area (Å²) in [7, 11) is 0. The number of amides is 1. The predicted octanol–water partition coefficient (Wildman–Crippen LogP) is 3.99. The van der Waals surface area contributed by atoms with Gasteiger partial charge < -0.3 is 5.32 Å². The van der Waals surface area contributed by atoms with Crippen LogP contribution in [0.3, 0.4) is 0 Å². The number of rotatable bonds is 3. The largest absolute Gasteiger partial charge is 0.345 e. The number of carbonyl (C=O) groups excluding carboxylic acids is 1. The third kappa shape index (κ3) is 3.78. The molecule has 0 bridgehead atoms. The molecule has 0 radical (unpaired) electrons. The van der Waals surface area contributed by atoms with Gasteiger partial charge in [0.05, 0.1) is 11.6 Å². The Bertz CT molecular complexity index is 569. The van der Waals surface area contributed by atoms with E-state index >= 15 is 0 Å². The van der Waals surface area contributed by atoms with Crippen LogP contribution in [-0.4, -0.2) is 10.9 Å². The Morgan fingerprint density at radius 3 is 2.53 bits per heavy atom. The van der Waals surface area contributed by atoms with Crippen LogP contribution in [0.25, 0.3) is 0 Å². The van der Waals surface area contributed by atoms with Crippen LogP contribution >= 0.6 is 27.5 Å². The summed E-state index contributed by atoms with van der Waals surface area (Å²) in [6.45, 7) is 1.94. The molecule has 3 nitrogen and oxygen atoms in total. The van der Waals surface area contributed by atoms with E-state index < -0.39 is 0 Å². The molecule has 0 aliphatic carbocycles. The summed E-state index contributed by atoms with van der Waals surface area (Å²) in [5, 5.41) is 3.29. The molecular formula is C14H12BrClN2O. The predicted molar refractivity (Wildman–Crippen MR) is 79.3 cm³/mol. The van der Waals surface area contributed by atoms with E-state index in [4.69, 9.17) is 11.6 Å². The fourth-order valence-electron chi connectivity index (χ4n) is 1.62. The van der Waals surface area contributed by atoms with Crippen molar-refractivity contribution in [3.05, 3.63) is 63.3 Å². The van der Waals surface area contributed by atoms with Crippen molar-refractivity contribution in [1.29, 1.82) is 0 Å². The number of halogens is 2. The SMILES string of the molecule is CC(NC(=O)c1ccc(Cl)nc1)c1ccc(Br)cc1. The molecular weight excluding hydrogens is 328 g/mol. The van der Waals surface area contributed by atoms with Crippen LogP contribution in [0.4, 0.5) is 0 Å². The van der Waals surface area contributed by atoms with E-state index in [1.807, 2.05) is 31.2 Å². The summed E-state index contributed by atoms with van der Waals surface area (Å²) < 4.78 is 1.01. The van der Waals surface area contributed by atoms with Gasteiger partial charge >= 0.3 is 0 Å². The molecule has 0 saturated carbocycles. The molecule has 1 atom stereocenters. The Morgan fingerprint density at radius 2 is 1.95 bits per heavy atom. The quantitative estimate of drug-likeness (QED) is 0.859. The highest BCUT2D eigenvalue weighted by Crippen LogP contribution is 2.17. The minimum Gasteiger partial charge on any atom is -0.345 e. The maximum Gasteiger partial charge on any atom is 0.253 e. The van der Waals surface area contributed by atoms with Crippen molar-refractivity contribution in [3.63, 3.8) is 0 Å². The zero-order chi connectivity index (χ0) is 13.8. The Morgan fingerprint density at radius 1 is 1.26 bits per heavy atom. The Balaban J connectivity index is 2.06. The van der Waals surface area contributed by atoms with Crippen LogP contribution in [0.2, 0.25) is 5.15 Å². The van der Waals surface area contributed by atoms with Gasteiger partial charge in [0.25, 0.3) is 5.91 Å². The molecule has 0 aliphatic rings. The van der Waals surface area contributed by atoms with Gasteiger partial charge in [-0.25, -0.2) is 4.98 Å². The lowest BCUT2D eigenvalue weighted by molar-refractivity contribution is 0.0939. The number of nitrogens with one attached hydrogen (secondary N) is 1. The highest BCUT2D eigenvalue weighted by Gasteiger charge is 2.11. The van der Waals surface area contributed by atoms with E-state index in [-0.39, 0.29) is 11.9 Å². The molecule has 1 heterocycles. The monoisotopic (exact) mass is 338 g/mol. The van der Waals surface area contributed by atoms with Crippen LogP contribution in [0.15, 0.2) is 47.1 Å². The second kappa shape index (κ2) is 6.17. The summed E-state index contributed by atoms with van der Waals surface area (Å²) in [4.78, 5) is 15.9. The third-order valence-electron chi connectivity index (χ3n) is 2.71. The first-order valence-electron chi connectivity index (χ1n) is 5.74. The molecule has 1 amide bonds. The molecule has 2 aromatic rings. The molecule has 1 N–H and O–H groups in total. The van der Waals surface area contributed by atoms with Gasteiger partial charge in [0.2, 0.25) is 0 Å². The standard InChI is InChI=1S/C14H12BrClN2O/c1-9(10-2-5-12(15)6-3-10)18-14(19)11-4-7-13(16)17-8-11/h2-9H,1H3,(H,18,19). The number of hydrogen-bond acceptors (Lipinski definition) is 2. The van der Waals surface area contributed by atoms with Crippen LogP contribution in [0.1, 0.15) is 28.9 Å². The van der Waals surface area contributed by atoms with Gasteiger partial charge in [-0.15, -0.1) is 0 Å². The number of pyridine rings is 1. The van der Waals surface area contributed by atoms with Crippen LogP contribution in [0, 0.1) is 0 Å². The third-order valence-corrected chi connectivity index (χ3v) is 3.46. The first-order chi connectivity index (χ1) is 9.06. The topological polar surface area (TPSA) is 42.0 Å². The van der Waals surface area contributed by atoms with Gasteiger partial charge in [-0.3, -0.25) is 4.79 Å². The molecule has 5 heteroatoms. The molecule has 0 fully saturated rings. The zero-order valence-corrected chi connectivity index (χ0v) is 12.6. The van der Waals surface area contributed by atoms with Crippen LogP contribution in [0.5, 0.6) is 0 Å². The molecule has 0 saturated heterocycles. The fraction of sp³-hybridized carbons (Fsp3) is 0.143. The van der Waals surface area contributed by atoms with E-state index in [0.717, 1.165) is 10.0 Å². The minimum absolute atomic E-state index is 0.0729. The fourth-order valence-corrected chi connectivity index (χ4v) is 2.00. The van der Waals surface area contributed by atoms with Crippen molar-refractivity contribution in [3.8, 4) is 0 Å². The van der Waals surface area contributed by atoms with Gasteiger partial charge in [0, 0.05) is 10.7 Å². The number of carbonyl (C=O) groups is 1. The van der Waals surface area contributed by atoms with Gasteiger partial charge in [-0.2, -0.15) is 0 Å². The van der Waals surface area contributed by atoms with E-state index in [9.17, 15) is 4.79 Å². The smallest absolute Gasteiger partial charge is 0.253 e. The summed E-state index contributed by atoms with van der Waals surface area (Å²) in [6.07, 6.45) is 1.46. The summed E-state index contributed by atoms with van der Waals surface area (Å²) in [6, 6.07) is 11.0. The van der Waals surface area contributed by atoms with E-state index in [1.54, 1.807) is 12.1 Å². The average molecular weight is 340 g/mol. The van der Waals surface area contributed by atoms with Gasteiger partial charge in [-0.1, -0.05) is 39.7 Å². The zero-order valence-electron chi connectivity index (χ0n) is 10.2. The molecule has 2 rings (SSSR count). The lowest BCUT2D eigenvalue weighted by Gasteiger charge is -2.14. The molecule has 98 valence electrons. The lowest BCUT2D eigenvalue weighted by Crippen LogP contribution is -2.26. The highest BCUT2D eigenvalue weighted by molar-refractivity contribution is 9.10. The average Bonchev–Trinajstić information content (AvgIpc) is 2.40. The lowest BCUT2D eigenvalue weighted by atomic mass is 10.1. The molecule has 1 unspecified atom stereocenters. The molecule has 0 aliphatic heterocycles. The van der Waals surface area contributed by atoms with E-state index in [2.05, 4.69) is 26.2 Å². The number of aromatic nitrogens is 1. The van der Waals surface area contributed by atoms with Gasteiger partial charge in [0.1, 0.15) is 5.15 Å². The minimum atomic E-state index is -0.167. The Hall–Kier alpha value is -1.39.